The number of amides is 1. The molecule has 9 heteroatoms. The Bertz CT molecular complexity index is 703. The SMILES string of the molecule is CCCCS(=O)(=O)NC1CCN(C(=O)c2cc(O)c(O)c(O)c2)CC1. The maximum absolute atomic E-state index is 12.4. The van der Waals surface area contributed by atoms with Gasteiger partial charge in [-0.15, -0.1) is 0 Å². The van der Waals surface area contributed by atoms with Crippen molar-refractivity contribution in [2.45, 2.75) is 38.6 Å². The molecule has 25 heavy (non-hydrogen) atoms. The fraction of sp³-hybridized carbons (Fsp3) is 0.562. The molecule has 140 valence electrons. The van der Waals surface area contributed by atoms with Gasteiger partial charge in [0.2, 0.25) is 10.0 Å². The van der Waals surface area contributed by atoms with Gasteiger partial charge in [-0.05, 0) is 31.4 Å². The molecule has 1 heterocycles. The number of carbonyl (C=O) groups excluding carboxylic acids is 1. The topological polar surface area (TPSA) is 127 Å². The molecule has 1 aromatic rings. The summed E-state index contributed by atoms with van der Waals surface area (Å²) in [5, 5.41) is 28.4. The highest BCUT2D eigenvalue weighted by atomic mass is 32.2. The third-order valence-electron chi connectivity index (χ3n) is 4.21. The molecule has 1 fully saturated rings. The van der Waals surface area contributed by atoms with E-state index in [9.17, 15) is 28.5 Å². The van der Waals surface area contributed by atoms with E-state index in [0.29, 0.717) is 32.4 Å². The molecular weight excluding hydrogens is 348 g/mol. The number of hydrogen-bond acceptors (Lipinski definition) is 6. The van der Waals surface area contributed by atoms with Crippen LogP contribution >= 0.6 is 0 Å². The molecule has 0 saturated carbocycles. The Kier molecular flexibility index (Phi) is 6.12. The third-order valence-corrected chi connectivity index (χ3v) is 5.73. The molecule has 0 radical (unpaired) electrons. The van der Waals surface area contributed by atoms with Gasteiger partial charge in [-0.3, -0.25) is 4.79 Å². The number of phenolic OH excluding ortho intramolecular Hbond substituents is 3. The molecule has 1 saturated heterocycles. The van der Waals surface area contributed by atoms with Gasteiger partial charge in [-0.1, -0.05) is 13.3 Å². The summed E-state index contributed by atoms with van der Waals surface area (Å²) in [5.41, 5.74) is 0.0646. The molecule has 4 N–H and O–H groups in total. The summed E-state index contributed by atoms with van der Waals surface area (Å²) >= 11 is 0. The Morgan fingerprint density at radius 2 is 1.76 bits per heavy atom. The van der Waals surface area contributed by atoms with E-state index in [1.165, 1.54) is 4.90 Å². The van der Waals surface area contributed by atoms with Crippen LogP contribution in [0.2, 0.25) is 0 Å². The molecule has 0 aromatic heterocycles. The van der Waals surface area contributed by atoms with Crippen molar-refractivity contribution in [2.75, 3.05) is 18.8 Å². The fourth-order valence-electron chi connectivity index (χ4n) is 2.76. The van der Waals surface area contributed by atoms with Crippen LogP contribution in [-0.4, -0.2) is 59.4 Å². The molecule has 1 aliphatic rings. The Balaban J connectivity index is 1.95. The number of carbonyl (C=O) groups is 1. The first-order chi connectivity index (χ1) is 11.7. The van der Waals surface area contributed by atoms with Crippen molar-refractivity contribution in [2.24, 2.45) is 0 Å². The van der Waals surface area contributed by atoms with E-state index >= 15 is 0 Å². The largest absolute Gasteiger partial charge is 0.504 e. The summed E-state index contributed by atoms with van der Waals surface area (Å²) < 4.78 is 26.5. The van der Waals surface area contributed by atoms with Crippen molar-refractivity contribution >= 4 is 15.9 Å². The monoisotopic (exact) mass is 372 g/mol. The lowest BCUT2D eigenvalue weighted by molar-refractivity contribution is 0.0710. The summed E-state index contributed by atoms with van der Waals surface area (Å²) in [6, 6.07) is 1.99. The smallest absolute Gasteiger partial charge is 0.254 e. The van der Waals surface area contributed by atoms with Gasteiger partial charge in [0.25, 0.3) is 5.91 Å². The zero-order chi connectivity index (χ0) is 18.6. The maximum Gasteiger partial charge on any atom is 0.254 e. The van der Waals surface area contributed by atoms with E-state index < -0.39 is 33.2 Å². The zero-order valence-electron chi connectivity index (χ0n) is 14.1. The second kappa shape index (κ2) is 7.92. The minimum Gasteiger partial charge on any atom is -0.504 e. The van der Waals surface area contributed by atoms with Gasteiger partial charge in [0.1, 0.15) is 0 Å². The summed E-state index contributed by atoms with van der Waals surface area (Å²) in [7, 11) is -3.30. The van der Waals surface area contributed by atoms with Crippen LogP contribution in [0.15, 0.2) is 12.1 Å². The predicted octanol–water partition coefficient (Wildman–Crippen LogP) is 1.13. The molecule has 8 nitrogen and oxygen atoms in total. The molecular formula is C16H24N2O6S. The first-order valence-electron chi connectivity index (χ1n) is 8.27. The Morgan fingerprint density at radius 1 is 1.20 bits per heavy atom. The van der Waals surface area contributed by atoms with Crippen LogP contribution in [0, 0.1) is 0 Å². The van der Waals surface area contributed by atoms with Crippen molar-refractivity contribution in [1.82, 2.24) is 9.62 Å². The molecule has 0 unspecified atom stereocenters. The van der Waals surface area contributed by atoms with Crippen LogP contribution in [0.1, 0.15) is 43.0 Å². The highest BCUT2D eigenvalue weighted by molar-refractivity contribution is 7.89. The summed E-state index contributed by atoms with van der Waals surface area (Å²) in [6.07, 6.45) is 2.40. The number of nitrogens with zero attached hydrogens (tertiary/aromatic N) is 1. The van der Waals surface area contributed by atoms with Gasteiger partial charge < -0.3 is 20.2 Å². The van der Waals surface area contributed by atoms with Gasteiger partial charge in [0, 0.05) is 24.7 Å². The predicted molar refractivity (Wildman–Crippen MR) is 92.2 cm³/mol. The van der Waals surface area contributed by atoms with Crippen molar-refractivity contribution < 1.29 is 28.5 Å². The lowest BCUT2D eigenvalue weighted by Crippen LogP contribution is -2.47. The van der Waals surface area contributed by atoms with E-state index in [1.54, 1.807) is 0 Å². The van der Waals surface area contributed by atoms with E-state index in [4.69, 9.17) is 0 Å². The van der Waals surface area contributed by atoms with Crippen LogP contribution in [0.5, 0.6) is 17.2 Å². The summed E-state index contributed by atoms with van der Waals surface area (Å²) in [4.78, 5) is 14.0. The van der Waals surface area contributed by atoms with Gasteiger partial charge >= 0.3 is 0 Å². The van der Waals surface area contributed by atoms with Gasteiger partial charge in [-0.2, -0.15) is 0 Å². The van der Waals surface area contributed by atoms with E-state index in [1.807, 2.05) is 6.92 Å². The fourth-order valence-corrected chi connectivity index (χ4v) is 4.29. The number of nitrogens with one attached hydrogen (secondary N) is 1. The molecule has 0 aliphatic carbocycles. The second-order valence-corrected chi connectivity index (χ2v) is 8.09. The maximum atomic E-state index is 12.4. The van der Waals surface area contributed by atoms with E-state index in [-0.39, 0.29) is 17.4 Å². The van der Waals surface area contributed by atoms with Crippen LogP contribution in [-0.2, 0) is 10.0 Å². The van der Waals surface area contributed by atoms with Crippen LogP contribution < -0.4 is 4.72 Å². The zero-order valence-corrected chi connectivity index (χ0v) is 14.9. The highest BCUT2D eigenvalue weighted by Crippen LogP contribution is 2.35. The molecule has 0 bridgehead atoms. The number of sulfonamides is 1. The van der Waals surface area contributed by atoms with Crippen molar-refractivity contribution in [3.05, 3.63) is 17.7 Å². The highest BCUT2D eigenvalue weighted by Gasteiger charge is 2.27. The van der Waals surface area contributed by atoms with Crippen LogP contribution in [0.4, 0.5) is 0 Å². The number of likely N-dealkylation sites (tertiary alicyclic amines) is 1. The summed E-state index contributed by atoms with van der Waals surface area (Å²) in [5.74, 6) is -2.09. The first-order valence-corrected chi connectivity index (χ1v) is 9.93. The van der Waals surface area contributed by atoms with E-state index in [0.717, 1.165) is 18.6 Å². The Morgan fingerprint density at radius 3 is 2.28 bits per heavy atom. The molecule has 1 aliphatic heterocycles. The lowest BCUT2D eigenvalue weighted by Gasteiger charge is -2.32. The van der Waals surface area contributed by atoms with Crippen molar-refractivity contribution in [1.29, 1.82) is 0 Å². The molecule has 1 amide bonds. The molecule has 2 rings (SSSR count). The van der Waals surface area contributed by atoms with Gasteiger partial charge in [0.15, 0.2) is 17.2 Å². The number of benzene rings is 1. The molecule has 1 aromatic carbocycles. The number of unbranched alkanes of at least 4 members (excludes halogenated alkanes) is 1. The quantitative estimate of drug-likeness (QED) is 0.554. The number of aromatic hydroxyl groups is 3. The standard InChI is InChI=1S/C16H24N2O6S/c1-2-3-8-25(23,24)17-12-4-6-18(7-5-12)16(22)11-9-13(19)15(21)14(20)10-11/h9-10,12,17,19-21H,2-8H2,1H3. The average Bonchev–Trinajstić information content (AvgIpc) is 2.57. The number of phenols is 3. The van der Waals surface area contributed by atoms with Crippen LogP contribution in [0.25, 0.3) is 0 Å². The van der Waals surface area contributed by atoms with Crippen LogP contribution in [0.3, 0.4) is 0 Å². The van der Waals surface area contributed by atoms with E-state index in [2.05, 4.69) is 4.72 Å². The number of piperidine rings is 1. The van der Waals surface area contributed by atoms with Crippen molar-refractivity contribution in [3.63, 3.8) is 0 Å². The minimum atomic E-state index is -3.30. The average molecular weight is 372 g/mol. The summed E-state index contributed by atoms with van der Waals surface area (Å²) in [6.45, 7) is 2.66. The third kappa shape index (κ3) is 4.99. The van der Waals surface area contributed by atoms with Gasteiger partial charge in [0.05, 0.1) is 5.75 Å². The minimum absolute atomic E-state index is 0.0646. The Hall–Kier alpha value is -2.00. The number of rotatable bonds is 6. The van der Waals surface area contributed by atoms with Gasteiger partial charge in [-0.25, -0.2) is 13.1 Å². The normalized spacial score (nSPS) is 16.1. The van der Waals surface area contributed by atoms with Crippen molar-refractivity contribution in [3.8, 4) is 17.2 Å². The lowest BCUT2D eigenvalue weighted by atomic mass is 10.0. The molecule has 0 atom stereocenters. The first kappa shape index (κ1) is 19.3. The number of hydrogen-bond donors (Lipinski definition) is 4. The second-order valence-electron chi connectivity index (χ2n) is 6.22. The molecule has 0 spiro atoms. The Labute approximate surface area is 147 Å².